The molecule has 1 amide bonds. The summed E-state index contributed by atoms with van der Waals surface area (Å²) in [7, 11) is -3.82. The highest BCUT2D eigenvalue weighted by atomic mass is 32.2. The number of carbonyl (C=O) groups is 1. The number of fused-ring (bicyclic) bond motifs is 1. The molecule has 0 aliphatic carbocycles. The molecule has 158 valence electrons. The van der Waals surface area contributed by atoms with Gasteiger partial charge < -0.3 is 0 Å². The number of amides is 1. The zero-order chi connectivity index (χ0) is 22.1. The first-order valence-corrected chi connectivity index (χ1v) is 10.6. The molecule has 11 heteroatoms. The van der Waals surface area contributed by atoms with Crippen LogP contribution in [0.2, 0.25) is 0 Å². The molecule has 0 aliphatic heterocycles. The number of benzene rings is 2. The van der Waals surface area contributed by atoms with E-state index in [4.69, 9.17) is 5.21 Å². The van der Waals surface area contributed by atoms with Crippen LogP contribution in [-0.2, 0) is 21.2 Å². The van der Waals surface area contributed by atoms with Crippen molar-refractivity contribution < 1.29 is 27.2 Å². The summed E-state index contributed by atoms with van der Waals surface area (Å²) < 4.78 is 52.1. The van der Waals surface area contributed by atoms with E-state index in [1.165, 1.54) is 30.0 Å². The second kappa shape index (κ2) is 8.28. The lowest BCUT2D eigenvalue weighted by Gasteiger charge is -2.14. The second-order valence-electron chi connectivity index (χ2n) is 6.68. The average molecular weight is 437 g/mol. The van der Waals surface area contributed by atoms with Crippen molar-refractivity contribution in [3.05, 3.63) is 64.7 Å². The smallest absolute Gasteiger partial charge is 0.261 e. The molecular formula is C19H17F2N3O5S. The van der Waals surface area contributed by atoms with Crippen molar-refractivity contribution >= 4 is 26.6 Å². The fourth-order valence-corrected chi connectivity index (χ4v) is 4.05. The van der Waals surface area contributed by atoms with E-state index in [-0.39, 0.29) is 29.4 Å². The second-order valence-corrected chi connectivity index (χ2v) is 8.91. The van der Waals surface area contributed by atoms with Gasteiger partial charge in [0, 0.05) is 18.4 Å². The van der Waals surface area contributed by atoms with E-state index in [2.05, 4.69) is 4.98 Å². The van der Waals surface area contributed by atoms with Gasteiger partial charge in [0.25, 0.3) is 11.5 Å². The summed E-state index contributed by atoms with van der Waals surface area (Å²) in [5.74, 6) is -2.33. The van der Waals surface area contributed by atoms with Crippen LogP contribution in [0.4, 0.5) is 8.78 Å². The third-order valence-electron chi connectivity index (χ3n) is 4.62. The van der Waals surface area contributed by atoms with Crippen LogP contribution < -0.4 is 11.0 Å². The van der Waals surface area contributed by atoms with Gasteiger partial charge in [0.05, 0.1) is 17.2 Å². The normalized spacial score (nSPS) is 12.7. The average Bonchev–Trinajstić information content (AvgIpc) is 2.70. The number of nitrogens with zero attached hydrogens (tertiary/aromatic N) is 2. The van der Waals surface area contributed by atoms with Crippen LogP contribution in [0.1, 0.15) is 6.42 Å². The Bertz CT molecular complexity index is 1290. The van der Waals surface area contributed by atoms with Crippen LogP contribution in [0.15, 0.2) is 47.5 Å². The first-order chi connectivity index (χ1) is 14.1. The van der Waals surface area contributed by atoms with E-state index in [0.29, 0.717) is 5.56 Å². The Hall–Kier alpha value is -3.18. The predicted molar refractivity (Wildman–Crippen MR) is 105 cm³/mol. The van der Waals surface area contributed by atoms with Crippen LogP contribution in [0.3, 0.4) is 0 Å². The van der Waals surface area contributed by atoms with E-state index in [1.807, 2.05) is 0 Å². The summed E-state index contributed by atoms with van der Waals surface area (Å²) in [5.41, 5.74) is 1.40. The van der Waals surface area contributed by atoms with Crippen LogP contribution in [-0.4, -0.2) is 40.6 Å². The van der Waals surface area contributed by atoms with Crippen molar-refractivity contribution in [2.24, 2.45) is 0 Å². The highest BCUT2D eigenvalue weighted by molar-refractivity contribution is 7.92. The number of nitrogens with one attached hydrogen (secondary N) is 1. The van der Waals surface area contributed by atoms with Gasteiger partial charge in [-0.15, -0.1) is 0 Å². The van der Waals surface area contributed by atoms with Crippen molar-refractivity contribution in [3.8, 4) is 11.1 Å². The molecule has 0 spiro atoms. The van der Waals surface area contributed by atoms with Crippen LogP contribution in [0, 0.1) is 11.6 Å². The molecule has 0 bridgehead atoms. The van der Waals surface area contributed by atoms with Crippen LogP contribution in [0.25, 0.3) is 22.0 Å². The zero-order valence-corrected chi connectivity index (χ0v) is 16.5. The van der Waals surface area contributed by atoms with Crippen molar-refractivity contribution in [3.63, 3.8) is 0 Å². The number of aromatic nitrogens is 2. The van der Waals surface area contributed by atoms with E-state index >= 15 is 0 Å². The van der Waals surface area contributed by atoms with E-state index in [9.17, 15) is 26.8 Å². The van der Waals surface area contributed by atoms with Crippen molar-refractivity contribution in [2.75, 3.05) is 6.26 Å². The first-order valence-electron chi connectivity index (χ1n) is 8.69. The molecule has 0 fully saturated rings. The van der Waals surface area contributed by atoms with E-state index in [1.54, 1.807) is 0 Å². The maximum Gasteiger partial charge on any atom is 0.261 e. The summed E-state index contributed by atoms with van der Waals surface area (Å²) in [6.45, 7) is -0.146. The third kappa shape index (κ3) is 4.36. The number of carbonyl (C=O) groups excluding carboxylic acids is 1. The van der Waals surface area contributed by atoms with Gasteiger partial charge in [-0.25, -0.2) is 27.7 Å². The van der Waals surface area contributed by atoms with Crippen LogP contribution >= 0.6 is 0 Å². The fourth-order valence-electron chi connectivity index (χ4n) is 3.07. The minimum Gasteiger partial charge on any atom is -0.299 e. The Labute approximate surface area is 169 Å². The Balaban J connectivity index is 1.94. The highest BCUT2D eigenvalue weighted by Gasteiger charge is 2.28. The van der Waals surface area contributed by atoms with Crippen molar-refractivity contribution in [1.82, 2.24) is 15.0 Å². The minimum atomic E-state index is -3.82. The molecule has 3 aromatic rings. The molecular weight excluding hydrogens is 420 g/mol. The summed E-state index contributed by atoms with van der Waals surface area (Å²) >= 11 is 0. The SMILES string of the molecule is CS(=O)(=O)C(CCn1cnc2cc(-c3cc(F)ccc3F)ccc2c1=O)C(=O)NO. The Morgan fingerprint density at radius 3 is 2.63 bits per heavy atom. The molecule has 0 aliphatic rings. The van der Waals surface area contributed by atoms with Gasteiger partial charge in [0.1, 0.15) is 16.9 Å². The standard InChI is InChI=1S/C19H17F2N3O5S/c1-30(28,29)17(18(25)23-27)6-7-24-10-22-16-8-11(2-4-13(16)19(24)26)14-9-12(20)3-5-15(14)21/h2-5,8-10,17,27H,6-7H2,1H3,(H,23,25). The molecule has 0 saturated heterocycles. The topological polar surface area (TPSA) is 118 Å². The first kappa shape index (κ1) is 21.5. The highest BCUT2D eigenvalue weighted by Crippen LogP contribution is 2.25. The number of aryl methyl sites for hydroxylation is 1. The monoisotopic (exact) mass is 437 g/mol. The Morgan fingerprint density at radius 2 is 1.97 bits per heavy atom. The molecule has 1 atom stereocenters. The third-order valence-corrected chi connectivity index (χ3v) is 6.10. The molecule has 2 N–H and O–H groups in total. The van der Waals surface area contributed by atoms with Gasteiger partial charge in [-0.2, -0.15) is 0 Å². The largest absolute Gasteiger partial charge is 0.299 e. The quantitative estimate of drug-likeness (QED) is 0.447. The number of hydrogen-bond acceptors (Lipinski definition) is 6. The van der Waals surface area contributed by atoms with Crippen molar-refractivity contribution in [2.45, 2.75) is 18.2 Å². The van der Waals surface area contributed by atoms with E-state index in [0.717, 1.165) is 29.0 Å². The van der Waals surface area contributed by atoms with Gasteiger partial charge in [-0.3, -0.25) is 19.4 Å². The van der Waals surface area contributed by atoms with Crippen LogP contribution in [0.5, 0.6) is 0 Å². The molecule has 1 aromatic heterocycles. The number of sulfone groups is 1. The van der Waals surface area contributed by atoms with Gasteiger partial charge in [0.2, 0.25) is 0 Å². The van der Waals surface area contributed by atoms with Gasteiger partial charge in [-0.1, -0.05) is 6.07 Å². The number of hydrogen-bond donors (Lipinski definition) is 2. The molecule has 0 saturated carbocycles. The minimum absolute atomic E-state index is 0.0221. The summed E-state index contributed by atoms with van der Waals surface area (Å²) in [4.78, 5) is 28.4. The lowest BCUT2D eigenvalue weighted by Crippen LogP contribution is -2.39. The molecule has 1 unspecified atom stereocenters. The summed E-state index contributed by atoms with van der Waals surface area (Å²) in [6, 6.07) is 7.34. The maximum absolute atomic E-state index is 14.0. The molecule has 2 aromatic carbocycles. The molecule has 1 heterocycles. The van der Waals surface area contributed by atoms with Gasteiger partial charge in [-0.05, 0) is 42.3 Å². The molecule has 30 heavy (non-hydrogen) atoms. The molecule has 0 radical (unpaired) electrons. The molecule has 8 nitrogen and oxygen atoms in total. The lowest BCUT2D eigenvalue weighted by molar-refractivity contribution is -0.128. The van der Waals surface area contributed by atoms with Gasteiger partial charge in [0.15, 0.2) is 9.84 Å². The Morgan fingerprint density at radius 1 is 1.23 bits per heavy atom. The summed E-state index contributed by atoms with van der Waals surface area (Å²) in [5, 5.41) is 7.37. The Kier molecular flexibility index (Phi) is 5.94. The number of halogens is 2. The molecule has 3 rings (SSSR count). The number of hydroxylamine groups is 1. The van der Waals surface area contributed by atoms with Gasteiger partial charge >= 0.3 is 0 Å². The number of rotatable bonds is 6. The summed E-state index contributed by atoms with van der Waals surface area (Å²) in [6.07, 6.45) is 1.76. The predicted octanol–water partition coefficient (Wildman–Crippen LogP) is 1.65. The fraction of sp³-hybridized carbons (Fsp3) is 0.211. The lowest BCUT2D eigenvalue weighted by atomic mass is 10.0. The zero-order valence-electron chi connectivity index (χ0n) is 15.7. The van der Waals surface area contributed by atoms with E-state index < -0.39 is 38.2 Å². The maximum atomic E-state index is 14.0. The van der Waals surface area contributed by atoms with Crippen molar-refractivity contribution in [1.29, 1.82) is 0 Å².